The SMILES string of the molecule is CCOC(=O)CCCOc1ccc2c(c1C)C(C(N)=O)=C(C)/C2=C/c1ccccc1. The third-order valence-electron chi connectivity index (χ3n) is 5.18. The maximum Gasteiger partial charge on any atom is 0.305 e. The van der Waals surface area contributed by atoms with E-state index in [-0.39, 0.29) is 5.97 Å². The Labute approximate surface area is 177 Å². The van der Waals surface area contributed by atoms with Crippen LogP contribution in [-0.4, -0.2) is 25.1 Å². The Bertz CT molecular complexity index is 1020. The van der Waals surface area contributed by atoms with Crippen molar-refractivity contribution in [2.24, 2.45) is 5.73 Å². The van der Waals surface area contributed by atoms with E-state index in [2.05, 4.69) is 6.08 Å². The molecule has 1 aliphatic carbocycles. The fourth-order valence-electron chi connectivity index (χ4n) is 3.76. The summed E-state index contributed by atoms with van der Waals surface area (Å²) < 4.78 is 10.8. The number of primary amides is 1. The topological polar surface area (TPSA) is 78.6 Å². The van der Waals surface area contributed by atoms with Gasteiger partial charge in [0.15, 0.2) is 0 Å². The van der Waals surface area contributed by atoms with Crippen LogP contribution in [0.3, 0.4) is 0 Å². The summed E-state index contributed by atoms with van der Waals surface area (Å²) in [5.74, 6) is 0.00920. The number of nitrogens with two attached hydrogens (primary N) is 1. The Morgan fingerprint density at radius 2 is 1.80 bits per heavy atom. The Hall–Kier alpha value is -3.34. The first kappa shape index (κ1) is 21.4. The summed E-state index contributed by atoms with van der Waals surface area (Å²) in [5.41, 5.74) is 11.8. The lowest BCUT2D eigenvalue weighted by Gasteiger charge is -2.14. The van der Waals surface area contributed by atoms with Crippen LogP contribution in [0, 0.1) is 6.92 Å². The third-order valence-corrected chi connectivity index (χ3v) is 5.18. The highest BCUT2D eigenvalue weighted by Gasteiger charge is 2.29. The predicted molar refractivity (Wildman–Crippen MR) is 119 cm³/mol. The van der Waals surface area contributed by atoms with Crippen molar-refractivity contribution in [3.63, 3.8) is 0 Å². The number of benzene rings is 2. The fraction of sp³-hybridized carbons (Fsp3) is 0.280. The molecule has 0 bridgehead atoms. The molecule has 0 aliphatic heterocycles. The first-order valence-corrected chi connectivity index (χ1v) is 10.1. The zero-order valence-corrected chi connectivity index (χ0v) is 17.7. The van der Waals surface area contributed by atoms with Gasteiger partial charge in [0, 0.05) is 12.0 Å². The van der Waals surface area contributed by atoms with Crippen LogP contribution in [0.1, 0.15) is 48.9 Å². The number of ether oxygens (including phenoxy) is 2. The zero-order valence-electron chi connectivity index (χ0n) is 17.7. The molecule has 1 aliphatic rings. The molecule has 3 rings (SSSR count). The Balaban J connectivity index is 1.89. The lowest BCUT2D eigenvalue weighted by atomic mass is 9.96. The summed E-state index contributed by atoms with van der Waals surface area (Å²) >= 11 is 0. The van der Waals surface area contributed by atoms with Crippen LogP contribution in [0.15, 0.2) is 48.0 Å². The highest BCUT2D eigenvalue weighted by molar-refractivity contribution is 6.28. The second-order valence-corrected chi connectivity index (χ2v) is 7.20. The molecule has 2 N–H and O–H groups in total. The first-order valence-electron chi connectivity index (χ1n) is 10.1. The van der Waals surface area contributed by atoms with Gasteiger partial charge in [-0.1, -0.05) is 36.4 Å². The molecule has 0 spiro atoms. The van der Waals surface area contributed by atoms with Crippen molar-refractivity contribution in [1.29, 1.82) is 0 Å². The number of hydrogen-bond donors (Lipinski definition) is 1. The normalized spacial score (nSPS) is 14.0. The highest BCUT2D eigenvalue weighted by Crippen LogP contribution is 2.45. The van der Waals surface area contributed by atoms with Gasteiger partial charge in [-0.2, -0.15) is 0 Å². The van der Waals surface area contributed by atoms with E-state index in [0.717, 1.165) is 33.4 Å². The lowest BCUT2D eigenvalue weighted by Crippen LogP contribution is -2.14. The van der Waals surface area contributed by atoms with Crippen LogP contribution < -0.4 is 10.5 Å². The van der Waals surface area contributed by atoms with Crippen molar-refractivity contribution in [3.8, 4) is 5.75 Å². The average molecular weight is 405 g/mol. The van der Waals surface area contributed by atoms with E-state index in [9.17, 15) is 9.59 Å². The van der Waals surface area contributed by atoms with E-state index in [1.54, 1.807) is 6.92 Å². The van der Waals surface area contributed by atoms with Crippen molar-refractivity contribution in [1.82, 2.24) is 0 Å². The number of hydrogen-bond acceptors (Lipinski definition) is 4. The van der Waals surface area contributed by atoms with Gasteiger partial charge < -0.3 is 15.2 Å². The molecule has 0 saturated carbocycles. The molecule has 0 saturated heterocycles. The number of rotatable bonds is 8. The number of carbonyl (C=O) groups excluding carboxylic acids is 2. The maximum absolute atomic E-state index is 12.3. The van der Waals surface area contributed by atoms with Crippen molar-refractivity contribution in [2.75, 3.05) is 13.2 Å². The Kier molecular flexibility index (Phi) is 6.72. The van der Waals surface area contributed by atoms with Gasteiger partial charge >= 0.3 is 5.97 Å². The molecule has 30 heavy (non-hydrogen) atoms. The summed E-state index contributed by atoms with van der Waals surface area (Å²) in [6, 6.07) is 13.9. The molecule has 156 valence electrons. The molecule has 0 unspecified atom stereocenters. The van der Waals surface area contributed by atoms with Crippen LogP contribution >= 0.6 is 0 Å². The zero-order chi connectivity index (χ0) is 21.7. The van der Waals surface area contributed by atoms with Gasteiger partial charge in [0.25, 0.3) is 0 Å². The van der Waals surface area contributed by atoms with Gasteiger partial charge in [-0.15, -0.1) is 0 Å². The van der Waals surface area contributed by atoms with Crippen molar-refractivity contribution < 1.29 is 19.1 Å². The molecule has 5 heteroatoms. The second-order valence-electron chi connectivity index (χ2n) is 7.20. The largest absolute Gasteiger partial charge is 0.493 e. The van der Waals surface area contributed by atoms with Crippen LogP contribution in [0.5, 0.6) is 5.75 Å². The van der Waals surface area contributed by atoms with Crippen LogP contribution in [0.4, 0.5) is 0 Å². The minimum Gasteiger partial charge on any atom is -0.493 e. The smallest absolute Gasteiger partial charge is 0.305 e. The molecule has 2 aromatic rings. The molecule has 0 atom stereocenters. The third kappa shape index (κ3) is 4.46. The fourth-order valence-corrected chi connectivity index (χ4v) is 3.76. The standard InChI is InChI=1S/C25H27NO4/c1-4-29-22(27)11-8-14-30-21-13-12-19-20(15-18-9-6-5-7-10-18)16(2)24(25(26)28)23(19)17(21)3/h5-7,9-10,12-13,15H,4,8,11,14H2,1-3H3,(H2,26,28)/b20-15-. The number of carbonyl (C=O) groups is 2. The van der Waals surface area contributed by atoms with Gasteiger partial charge in [-0.25, -0.2) is 0 Å². The summed E-state index contributed by atoms with van der Waals surface area (Å²) in [6.07, 6.45) is 2.95. The van der Waals surface area contributed by atoms with E-state index < -0.39 is 5.91 Å². The summed E-state index contributed by atoms with van der Waals surface area (Å²) in [5, 5.41) is 0. The van der Waals surface area contributed by atoms with E-state index in [1.807, 2.05) is 56.3 Å². The number of amides is 1. The van der Waals surface area contributed by atoms with Gasteiger partial charge in [0.05, 0.1) is 18.8 Å². The monoisotopic (exact) mass is 405 g/mol. The molecule has 0 fully saturated rings. The predicted octanol–water partition coefficient (Wildman–Crippen LogP) is 4.53. The first-order chi connectivity index (χ1) is 14.4. The Morgan fingerprint density at radius 1 is 1.07 bits per heavy atom. The molecule has 2 aromatic carbocycles. The lowest BCUT2D eigenvalue weighted by molar-refractivity contribution is -0.143. The minimum absolute atomic E-state index is 0.225. The van der Waals surface area contributed by atoms with Crippen molar-refractivity contribution in [3.05, 3.63) is 70.3 Å². The average Bonchev–Trinajstić information content (AvgIpc) is 3.00. The van der Waals surface area contributed by atoms with E-state index in [1.165, 1.54) is 0 Å². The highest BCUT2D eigenvalue weighted by atomic mass is 16.5. The molecule has 0 aromatic heterocycles. The molecular weight excluding hydrogens is 378 g/mol. The molecule has 0 radical (unpaired) electrons. The van der Waals surface area contributed by atoms with Crippen molar-refractivity contribution >= 4 is 29.1 Å². The summed E-state index contributed by atoms with van der Waals surface area (Å²) in [4.78, 5) is 23.8. The molecular formula is C25H27NO4. The van der Waals surface area contributed by atoms with Gasteiger partial charge in [-0.3, -0.25) is 9.59 Å². The maximum atomic E-state index is 12.3. The van der Waals surface area contributed by atoms with Crippen LogP contribution in [0.2, 0.25) is 0 Å². The van der Waals surface area contributed by atoms with Crippen LogP contribution in [-0.2, 0) is 14.3 Å². The van der Waals surface area contributed by atoms with Crippen molar-refractivity contribution in [2.45, 2.75) is 33.6 Å². The summed E-state index contributed by atoms with van der Waals surface area (Å²) in [7, 11) is 0. The Morgan fingerprint density at radius 3 is 2.47 bits per heavy atom. The van der Waals surface area contributed by atoms with E-state index in [0.29, 0.717) is 37.4 Å². The quantitative estimate of drug-likeness (QED) is 0.517. The van der Waals surface area contributed by atoms with E-state index in [4.69, 9.17) is 15.2 Å². The molecule has 1 amide bonds. The number of fused-ring (bicyclic) bond motifs is 1. The molecule has 5 nitrogen and oxygen atoms in total. The minimum atomic E-state index is -0.451. The van der Waals surface area contributed by atoms with Crippen LogP contribution in [0.25, 0.3) is 17.2 Å². The second kappa shape index (κ2) is 9.44. The van der Waals surface area contributed by atoms with E-state index >= 15 is 0 Å². The number of esters is 1. The van der Waals surface area contributed by atoms with Gasteiger partial charge in [0.2, 0.25) is 5.91 Å². The summed E-state index contributed by atoms with van der Waals surface area (Å²) in [6.45, 7) is 6.41. The van der Waals surface area contributed by atoms with Gasteiger partial charge in [0.1, 0.15) is 5.75 Å². The van der Waals surface area contributed by atoms with Gasteiger partial charge in [-0.05, 0) is 67.2 Å². The number of allylic oxidation sites excluding steroid dienone is 2. The molecule has 0 heterocycles.